The summed E-state index contributed by atoms with van der Waals surface area (Å²) in [6, 6.07) is 39.7. The van der Waals surface area contributed by atoms with E-state index < -0.39 is 5.41 Å². The molecule has 2 heterocycles. The molecule has 0 spiro atoms. The second-order valence-electron chi connectivity index (χ2n) is 11.5. The Bertz CT molecular complexity index is 1630. The molecule has 0 amide bonds. The van der Waals surface area contributed by atoms with Crippen LogP contribution in [0.15, 0.2) is 115 Å². The highest BCUT2D eigenvalue weighted by atomic mass is 15.0. The molecular weight excluding hydrogens is 472 g/mol. The van der Waals surface area contributed by atoms with Crippen LogP contribution in [0.4, 0.5) is 0 Å². The fourth-order valence-corrected chi connectivity index (χ4v) is 6.55. The first-order valence-corrected chi connectivity index (χ1v) is 13.8. The Morgan fingerprint density at radius 1 is 0.513 bits per heavy atom. The average molecular weight is 513 g/mol. The minimum absolute atomic E-state index is 0.170. The molecule has 0 aliphatic rings. The number of rotatable bonds is 6. The summed E-state index contributed by atoms with van der Waals surface area (Å²) in [7, 11) is 4.40. The molecule has 0 N–H and O–H groups in total. The molecule has 2 aromatic heterocycles. The Labute approximate surface area is 234 Å². The Morgan fingerprint density at radius 2 is 1.13 bits per heavy atom. The van der Waals surface area contributed by atoms with E-state index in [0.29, 0.717) is 0 Å². The van der Waals surface area contributed by atoms with Gasteiger partial charge in [0.25, 0.3) is 0 Å². The molecule has 0 aliphatic heterocycles. The van der Waals surface area contributed by atoms with Gasteiger partial charge in [0, 0.05) is 24.3 Å². The summed E-state index contributed by atoms with van der Waals surface area (Å²) < 4.78 is 4.71. The highest BCUT2D eigenvalue weighted by Gasteiger charge is 2.47. The van der Waals surface area contributed by atoms with E-state index in [2.05, 4.69) is 173 Å². The van der Waals surface area contributed by atoms with Crippen molar-refractivity contribution in [1.82, 2.24) is 0 Å². The van der Waals surface area contributed by atoms with Crippen molar-refractivity contribution in [1.29, 1.82) is 0 Å². The van der Waals surface area contributed by atoms with Gasteiger partial charge in [-0.1, -0.05) is 72.8 Å². The predicted octanol–water partition coefficient (Wildman–Crippen LogP) is 7.30. The van der Waals surface area contributed by atoms with Crippen molar-refractivity contribution in [3.8, 4) is 11.1 Å². The van der Waals surface area contributed by atoms with Gasteiger partial charge in [0.1, 0.15) is 14.1 Å². The van der Waals surface area contributed by atoms with Crippen molar-refractivity contribution >= 4 is 0 Å². The maximum absolute atomic E-state index is 2.44. The van der Waals surface area contributed by atoms with Gasteiger partial charge in [-0.15, -0.1) is 0 Å². The van der Waals surface area contributed by atoms with Crippen molar-refractivity contribution < 1.29 is 9.13 Å². The Morgan fingerprint density at radius 3 is 1.85 bits per heavy atom. The lowest BCUT2D eigenvalue weighted by Gasteiger charge is -2.30. The summed E-state index contributed by atoms with van der Waals surface area (Å²) in [4.78, 5) is 0. The van der Waals surface area contributed by atoms with Crippen molar-refractivity contribution in [2.45, 2.75) is 45.4 Å². The highest BCUT2D eigenvalue weighted by molar-refractivity contribution is 5.66. The van der Waals surface area contributed by atoms with Crippen LogP contribution in [-0.4, -0.2) is 0 Å². The van der Waals surface area contributed by atoms with Crippen LogP contribution >= 0.6 is 0 Å². The van der Waals surface area contributed by atoms with E-state index >= 15 is 0 Å². The highest BCUT2D eigenvalue weighted by Crippen LogP contribution is 2.40. The maximum atomic E-state index is 2.44. The van der Waals surface area contributed by atoms with Gasteiger partial charge in [-0.3, -0.25) is 0 Å². The van der Waals surface area contributed by atoms with Gasteiger partial charge < -0.3 is 0 Å². The topological polar surface area (TPSA) is 7.76 Å². The van der Waals surface area contributed by atoms with E-state index in [1.807, 2.05) is 0 Å². The van der Waals surface area contributed by atoms with Gasteiger partial charge in [-0.2, -0.15) is 0 Å². The molecule has 0 radical (unpaired) electrons. The van der Waals surface area contributed by atoms with Gasteiger partial charge in [-0.25, -0.2) is 9.13 Å². The summed E-state index contributed by atoms with van der Waals surface area (Å²) in [5, 5.41) is 0. The van der Waals surface area contributed by atoms with E-state index in [1.165, 1.54) is 50.5 Å². The van der Waals surface area contributed by atoms with E-state index in [1.54, 1.807) is 0 Å². The van der Waals surface area contributed by atoms with Crippen molar-refractivity contribution in [3.05, 3.63) is 155 Å². The summed E-state index contributed by atoms with van der Waals surface area (Å²) in [5.41, 5.74) is 11.0. The van der Waals surface area contributed by atoms with Crippen molar-refractivity contribution in [2.24, 2.45) is 14.1 Å². The molecule has 0 fully saturated rings. The monoisotopic (exact) mass is 512 g/mol. The van der Waals surface area contributed by atoms with E-state index in [-0.39, 0.29) is 5.41 Å². The zero-order chi connectivity index (χ0) is 27.8. The molecule has 1 unspecified atom stereocenters. The largest absolute Gasteiger partial charge is 0.204 e. The molecule has 39 heavy (non-hydrogen) atoms. The lowest BCUT2D eigenvalue weighted by molar-refractivity contribution is -0.702. The van der Waals surface area contributed by atoms with Crippen LogP contribution in [0.1, 0.15) is 60.1 Å². The molecule has 0 saturated carbocycles. The van der Waals surface area contributed by atoms with E-state index in [9.17, 15) is 0 Å². The molecule has 5 aromatic rings. The van der Waals surface area contributed by atoms with Gasteiger partial charge in [0.15, 0.2) is 17.3 Å². The normalized spacial score (nSPS) is 13.2. The van der Waals surface area contributed by atoms with Crippen LogP contribution in [0, 0.1) is 13.8 Å². The van der Waals surface area contributed by atoms with E-state index in [4.69, 9.17) is 0 Å². The first kappa shape index (κ1) is 26.6. The fourth-order valence-electron chi connectivity index (χ4n) is 6.55. The minimum atomic E-state index is -0.405. The number of hydrogen-bond acceptors (Lipinski definition) is 0. The van der Waals surface area contributed by atoms with Gasteiger partial charge >= 0.3 is 0 Å². The third kappa shape index (κ3) is 4.59. The number of aromatic nitrogens is 2. The van der Waals surface area contributed by atoms with Gasteiger partial charge in [0.05, 0.1) is 5.41 Å². The molecule has 0 saturated heterocycles. The van der Waals surface area contributed by atoms with Crippen LogP contribution in [0.5, 0.6) is 0 Å². The zero-order valence-electron chi connectivity index (χ0n) is 24.4. The predicted molar refractivity (Wildman–Crippen MR) is 161 cm³/mol. The third-order valence-electron chi connectivity index (χ3n) is 8.65. The van der Waals surface area contributed by atoms with Crippen LogP contribution in [0.25, 0.3) is 11.1 Å². The molecule has 5 rings (SSSR count). The second kappa shape index (κ2) is 10.3. The summed E-state index contributed by atoms with van der Waals surface area (Å²) in [6.45, 7) is 11.5. The zero-order valence-corrected chi connectivity index (χ0v) is 24.4. The smallest absolute Gasteiger partial charge is 0.202 e. The lowest BCUT2D eigenvalue weighted by atomic mass is 9.72. The second-order valence-corrected chi connectivity index (χ2v) is 11.5. The van der Waals surface area contributed by atoms with Crippen molar-refractivity contribution in [3.63, 3.8) is 0 Å². The summed E-state index contributed by atoms with van der Waals surface area (Å²) >= 11 is 0. The SMILES string of the molecule is Cc1ccccc1C(C)(C)c1cccc(C(C)(c2cc(-c3ccccc3)ccc2C)c2cccc[n+]2C)[n+]1C. The fraction of sp³-hybridized carbons (Fsp3) is 0.243. The lowest BCUT2D eigenvalue weighted by Crippen LogP contribution is -2.53. The molecule has 2 nitrogen and oxygen atoms in total. The van der Waals surface area contributed by atoms with Gasteiger partial charge in [0.2, 0.25) is 11.4 Å². The van der Waals surface area contributed by atoms with E-state index in [0.717, 1.165) is 0 Å². The Hall–Kier alpha value is -4.04. The maximum Gasteiger partial charge on any atom is 0.202 e. The van der Waals surface area contributed by atoms with Crippen LogP contribution in [0.2, 0.25) is 0 Å². The number of hydrogen-bond donors (Lipinski definition) is 0. The van der Waals surface area contributed by atoms with Crippen LogP contribution in [0.3, 0.4) is 0 Å². The van der Waals surface area contributed by atoms with Crippen LogP contribution < -0.4 is 9.13 Å². The first-order chi connectivity index (χ1) is 18.7. The number of aryl methyl sites for hydroxylation is 3. The quantitative estimate of drug-likeness (QED) is 0.211. The number of nitrogens with zero attached hydrogens (tertiary/aromatic N) is 2. The molecule has 0 bridgehead atoms. The van der Waals surface area contributed by atoms with Crippen LogP contribution in [-0.2, 0) is 24.9 Å². The standard InChI is InChI=1S/C37H40N2/c1-27-16-11-12-19-31(27)36(3,4)33-21-15-22-35(39(33)7)37(5,34-20-13-14-25-38(34)6)32-26-30(24-23-28(32)2)29-17-9-8-10-18-29/h8-26H,1-7H3/q+2. The minimum Gasteiger partial charge on any atom is -0.204 e. The van der Waals surface area contributed by atoms with Gasteiger partial charge in [-0.05, 0) is 80.1 Å². The van der Waals surface area contributed by atoms with Crippen molar-refractivity contribution in [2.75, 3.05) is 0 Å². The molecule has 196 valence electrons. The summed E-state index contributed by atoms with van der Waals surface area (Å²) in [5.74, 6) is 0. The first-order valence-electron chi connectivity index (χ1n) is 13.8. The average Bonchev–Trinajstić information content (AvgIpc) is 2.94. The molecular formula is C37H40N2+2. The molecule has 1 atom stereocenters. The number of pyridine rings is 2. The molecule has 0 aliphatic carbocycles. The third-order valence-corrected chi connectivity index (χ3v) is 8.65. The number of benzene rings is 3. The molecule has 3 aromatic carbocycles. The Balaban J connectivity index is 1.80. The Kier molecular flexibility index (Phi) is 6.99. The molecule has 2 heteroatoms. The summed E-state index contributed by atoms with van der Waals surface area (Å²) in [6.07, 6.45) is 2.16.